The smallest absolute Gasteiger partial charge is 0.417 e. The van der Waals surface area contributed by atoms with E-state index in [-0.39, 0.29) is 11.9 Å². The van der Waals surface area contributed by atoms with Crippen molar-refractivity contribution in [3.05, 3.63) is 42.0 Å². The van der Waals surface area contributed by atoms with E-state index in [1.54, 1.807) is 0 Å². The van der Waals surface area contributed by atoms with E-state index in [9.17, 15) is 4.79 Å². The Morgan fingerprint density at radius 1 is 0.967 bits per heavy atom. The number of carbonyl (C=O) groups is 1. The zero-order valence-corrected chi connectivity index (χ0v) is 19.8. The van der Waals surface area contributed by atoms with Crippen molar-refractivity contribution >= 4 is 14.6 Å². The fraction of sp³-hybridized carbons (Fsp3) is 0.640. The van der Waals surface area contributed by atoms with Crippen LogP contribution in [0.2, 0.25) is 0 Å². The van der Waals surface area contributed by atoms with Gasteiger partial charge in [0.25, 0.3) is 0 Å². The quantitative estimate of drug-likeness (QED) is 0.149. The first-order chi connectivity index (χ1) is 14.7. The summed E-state index contributed by atoms with van der Waals surface area (Å²) in [5.41, 5.74) is 1.59. The highest BCUT2D eigenvalue weighted by Gasteiger charge is 2.31. The summed E-state index contributed by atoms with van der Waals surface area (Å²) in [5.74, 6) is 0.463. The second-order valence-corrected chi connectivity index (χ2v) is 9.17. The largest absolute Gasteiger partial charge is 0.465 e. The van der Waals surface area contributed by atoms with Crippen molar-refractivity contribution in [2.45, 2.75) is 96.8 Å². The number of carbonyl (C=O) groups excluding carboxylic acids is 1. The molecule has 0 saturated heterocycles. The molecule has 0 aromatic heterocycles. The van der Waals surface area contributed by atoms with E-state index in [2.05, 4.69) is 20.4 Å². The monoisotopic (exact) mass is 434 g/mol. The molecule has 0 saturated carbocycles. The third kappa shape index (κ3) is 8.40. The van der Waals surface area contributed by atoms with Crippen molar-refractivity contribution in [1.82, 2.24) is 0 Å². The van der Waals surface area contributed by atoms with Crippen molar-refractivity contribution in [2.75, 3.05) is 6.61 Å². The summed E-state index contributed by atoms with van der Waals surface area (Å²) in [6, 6.07) is 5.82. The van der Waals surface area contributed by atoms with Gasteiger partial charge in [-0.05, 0) is 30.5 Å². The van der Waals surface area contributed by atoms with Crippen LogP contribution < -0.4 is 4.52 Å². The number of hydrogen-bond donors (Lipinski definition) is 0. The average molecular weight is 435 g/mol. The van der Waals surface area contributed by atoms with Crippen molar-refractivity contribution in [2.24, 2.45) is 0 Å². The third-order valence-corrected chi connectivity index (χ3v) is 6.63. The molecule has 1 aliphatic rings. The molecular weight excluding hydrogens is 395 g/mol. The van der Waals surface area contributed by atoms with Crippen LogP contribution in [0.15, 0.2) is 30.9 Å². The van der Waals surface area contributed by atoms with Crippen LogP contribution in [0.5, 0.6) is 5.75 Å². The zero-order chi connectivity index (χ0) is 21.6. The van der Waals surface area contributed by atoms with E-state index in [4.69, 9.17) is 13.6 Å². The standard InChI is InChI=1S/C25H39O4P/c1-4-7-9-11-13-15-19-27-30-28-24-18-17-22(20-23(24)25(26)29-30)21(6-3)16-14-12-10-8-5-2/h6,17-18,20-21H,3-5,7-16,19H2,1-2H3. The normalized spacial score (nSPS) is 16.5. The Morgan fingerprint density at radius 2 is 1.63 bits per heavy atom. The van der Waals surface area contributed by atoms with Gasteiger partial charge in [0.2, 0.25) is 0 Å². The van der Waals surface area contributed by atoms with Crippen LogP contribution in [0, 0.1) is 0 Å². The van der Waals surface area contributed by atoms with Crippen LogP contribution in [0.25, 0.3) is 0 Å². The van der Waals surface area contributed by atoms with Crippen LogP contribution in [0.4, 0.5) is 0 Å². The molecule has 4 nitrogen and oxygen atoms in total. The number of hydrogen-bond acceptors (Lipinski definition) is 4. The Kier molecular flexibility index (Phi) is 12.1. The lowest BCUT2D eigenvalue weighted by Crippen LogP contribution is -2.14. The topological polar surface area (TPSA) is 44.8 Å². The summed E-state index contributed by atoms with van der Waals surface area (Å²) in [5, 5.41) is 0. The zero-order valence-electron chi connectivity index (χ0n) is 18.9. The molecule has 2 rings (SSSR count). The van der Waals surface area contributed by atoms with Crippen molar-refractivity contribution in [3.8, 4) is 5.75 Å². The molecular formula is C25H39O4P. The maximum Gasteiger partial charge on any atom is 0.465 e. The van der Waals surface area contributed by atoms with Gasteiger partial charge in [-0.2, -0.15) is 0 Å². The molecule has 1 aromatic carbocycles. The second-order valence-electron chi connectivity index (χ2n) is 8.10. The summed E-state index contributed by atoms with van der Waals surface area (Å²) in [4.78, 5) is 12.5. The van der Waals surface area contributed by atoms with E-state index in [1.807, 2.05) is 24.3 Å². The minimum Gasteiger partial charge on any atom is -0.417 e. The second kappa shape index (κ2) is 14.6. The fourth-order valence-electron chi connectivity index (χ4n) is 3.70. The van der Waals surface area contributed by atoms with Crippen LogP contribution in [-0.4, -0.2) is 12.6 Å². The Morgan fingerprint density at radius 3 is 2.33 bits per heavy atom. The lowest BCUT2D eigenvalue weighted by atomic mass is 9.91. The molecule has 0 amide bonds. The van der Waals surface area contributed by atoms with Crippen LogP contribution in [0.1, 0.15) is 113 Å². The Balaban J connectivity index is 1.82. The molecule has 1 aromatic rings. The van der Waals surface area contributed by atoms with E-state index in [1.165, 1.54) is 57.8 Å². The lowest BCUT2D eigenvalue weighted by Gasteiger charge is -2.24. The maximum absolute atomic E-state index is 12.5. The predicted molar refractivity (Wildman–Crippen MR) is 125 cm³/mol. The first-order valence-corrected chi connectivity index (χ1v) is 12.9. The summed E-state index contributed by atoms with van der Waals surface area (Å²) in [6.07, 6.45) is 16.4. The molecule has 2 atom stereocenters. The predicted octanol–water partition coefficient (Wildman–Crippen LogP) is 8.47. The SMILES string of the molecule is C=CC(CCCCCCC)c1ccc2c(c1)C(=O)OP(OCCCCCCCC)O2. The molecule has 0 bridgehead atoms. The average Bonchev–Trinajstić information content (AvgIpc) is 2.76. The maximum atomic E-state index is 12.5. The Labute approximate surface area is 184 Å². The van der Waals surface area contributed by atoms with Gasteiger partial charge < -0.3 is 9.05 Å². The van der Waals surface area contributed by atoms with E-state index in [0.29, 0.717) is 17.9 Å². The third-order valence-electron chi connectivity index (χ3n) is 5.58. The van der Waals surface area contributed by atoms with E-state index < -0.39 is 8.60 Å². The molecule has 0 aliphatic carbocycles. The summed E-state index contributed by atoms with van der Waals surface area (Å²) < 4.78 is 16.9. The minimum atomic E-state index is -1.64. The molecule has 0 N–H and O–H groups in total. The van der Waals surface area contributed by atoms with Gasteiger partial charge in [0.05, 0.1) is 6.61 Å². The van der Waals surface area contributed by atoms with Crippen LogP contribution in [-0.2, 0) is 9.05 Å². The molecule has 0 spiro atoms. The lowest BCUT2D eigenvalue weighted by molar-refractivity contribution is 0.0671. The molecule has 0 fully saturated rings. The highest BCUT2D eigenvalue weighted by atomic mass is 31.2. The molecule has 30 heavy (non-hydrogen) atoms. The van der Waals surface area contributed by atoms with Gasteiger partial charge in [-0.15, -0.1) is 6.58 Å². The molecule has 1 heterocycles. The minimum absolute atomic E-state index is 0.247. The number of fused-ring (bicyclic) bond motifs is 1. The van der Waals surface area contributed by atoms with Gasteiger partial charge in [0.1, 0.15) is 11.3 Å². The van der Waals surface area contributed by atoms with E-state index in [0.717, 1.165) is 24.8 Å². The number of benzene rings is 1. The number of rotatable bonds is 16. The first-order valence-electron chi connectivity index (χ1n) is 11.8. The number of unbranched alkanes of at least 4 members (excludes halogenated alkanes) is 9. The van der Waals surface area contributed by atoms with Crippen LogP contribution >= 0.6 is 8.60 Å². The molecule has 5 heteroatoms. The van der Waals surface area contributed by atoms with Gasteiger partial charge in [0, 0.05) is 5.92 Å². The highest BCUT2D eigenvalue weighted by molar-refractivity contribution is 7.43. The Bertz CT molecular complexity index is 646. The van der Waals surface area contributed by atoms with Crippen molar-refractivity contribution in [1.29, 1.82) is 0 Å². The molecule has 0 radical (unpaired) electrons. The highest BCUT2D eigenvalue weighted by Crippen LogP contribution is 2.47. The van der Waals surface area contributed by atoms with Gasteiger partial charge in [0.15, 0.2) is 0 Å². The van der Waals surface area contributed by atoms with Crippen molar-refractivity contribution in [3.63, 3.8) is 0 Å². The van der Waals surface area contributed by atoms with Gasteiger partial charge >= 0.3 is 14.6 Å². The first kappa shape index (κ1) is 24.9. The van der Waals surface area contributed by atoms with Gasteiger partial charge in [-0.25, -0.2) is 4.79 Å². The summed E-state index contributed by atoms with van der Waals surface area (Å²) >= 11 is 0. The summed E-state index contributed by atoms with van der Waals surface area (Å²) in [7, 11) is -1.64. The molecule has 168 valence electrons. The van der Waals surface area contributed by atoms with Crippen LogP contribution in [0.3, 0.4) is 0 Å². The molecule has 2 unspecified atom stereocenters. The van der Waals surface area contributed by atoms with E-state index >= 15 is 0 Å². The fourth-order valence-corrected chi connectivity index (χ4v) is 4.67. The van der Waals surface area contributed by atoms with Crippen molar-refractivity contribution < 1.29 is 18.4 Å². The number of allylic oxidation sites excluding steroid dienone is 1. The van der Waals surface area contributed by atoms with Gasteiger partial charge in [-0.1, -0.05) is 90.2 Å². The summed E-state index contributed by atoms with van der Waals surface area (Å²) in [6.45, 7) is 9.01. The van der Waals surface area contributed by atoms with Gasteiger partial charge in [-0.3, -0.25) is 4.52 Å². The Hall–Kier alpha value is -1.38. The molecule has 1 aliphatic heterocycles.